The molecule has 0 atom stereocenters. The molecule has 1 aromatic carbocycles. The molecule has 0 unspecified atom stereocenters. The largest absolute Gasteiger partial charge is 0.299 e. The predicted octanol–water partition coefficient (Wildman–Crippen LogP) is 3.21. The lowest BCUT2D eigenvalue weighted by atomic mass is 9.89. The predicted molar refractivity (Wildman–Crippen MR) is 80.1 cm³/mol. The van der Waals surface area contributed by atoms with Crippen LogP contribution in [0.3, 0.4) is 0 Å². The standard InChI is InChI=1S/C17H19F2N3/c18-16-2-1-3-17(19)15(16)8-13-4-6-22(7-5-13)11-14-9-20-12-21-10-14/h1-3,9-10,12-13H,4-8,11H2. The average Bonchev–Trinajstić information content (AvgIpc) is 2.54. The van der Waals surface area contributed by atoms with Gasteiger partial charge in [-0.1, -0.05) is 6.07 Å². The molecule has 0 radical (unpaired) electrons. The fraction of sp³-hybridized carbons (Fsp3) is 0.412. The molecule has 3 rings (SSSR count). The Balaban J connectivity index is 1.54. The third kappa shape index (κ3) is 3.65. The maximum absolute atomic E-state index is 13.7. The number of benzene rings is 1. The minimum atomic E-state index is -0.427. The Labute approximate surface area is 129 Å². The van der Waals surface area contributed by atoms with Gasteiger partial charge in [-0.15, -0.1) is 0 Å². The van der Waals surface area contributed by atoms with Crippen LogP contribution in [-0.4, -0.2) is 28.0 Å². The number of aromatic nitrogens is 2. The number of nitrogens with zero attached hydrogens (tertiary/aromatic N) is 3. The maximum Gasteiger partial charge on any atom is 0.129 e. The van der Waals surface area contributed by atoms with Crippen molar-refractivity contribution in [1.29, 1.82) is 0 Å². The second kappa shape index (κ2) is 6.92. The monoisotopic (exact) mass is 303 g/mol. The van der Waals surface area contributed by atoms with Crippen LogP contribution in [0, 0.1) is 17.6 Å². The van der Waals surface area contributed by atoms with Crippen LogP contribution in [-0.2, 0) is 13.0 Å². The first-order valence-corrected chi connectivity index (χ1v) is 7.61. The second-order valence-electron chi connectivity index (χ2n) is 5.87. The molecule has 2 heterocycles. The van der Waals surface area contributed by atoms with Crippen LogP contribution in [0.1, 0.15) is 24.0 Å². The van der Waals surface area contributed by atoms with Crippen molar-refractivity contribution < 1.29 is 8.78 Å². The summed E-state index contributed by atoms with van der Waals surface area (Å²) < 4.78 is 27.4. The van der Waals surface area contributed by atoms with Gasteiger partial charge in [-0.25, -0.2) is 18.7 Å². The van der Waals surface area contributed by atoms with Gasteiger partial charge in [-0.05, 0) is 50.4 Å². The van der Waals surface area contributed by atoms with Crippen molar-refractivity contribution >= 4 is 0 Å². The molecule has 3 nitrogen and oxygen atoms in total. The minimum absolute atomic E-state index is 0.234. The first-order valence-electron chi connectivity index (χ1n) is 7.61. The molecule has 2 aromatic rings. The van der Waals surface area contributed by atoms with E-state index in [1.165, 1.54) is 24.5 Å². The summed E-state index contributed by atoms with van der Waals surface area (Å²) >= 11 is 0. The van der Waals surface area contributed by atoms with Gasteiger partial charge in [0.05, 0.1) is 0 Å². The first-order chi connectivity index (χ1) is 10.7. The molecule has 0 amide bonds. The molecule has 0 saturated carbocycles. The molecule has 1 aromatic heterocycles. The molecule has 0 spiro atoms. The van der Waals surface area contributed by atoms with E-state index in [2.05, 4.69) is 14.9 Å². The Hall–Kier alpha value is -1.88. The summed E-state index contributed by atoms with van der Waals surface area (Å²) in [5, 5.41) is 0. The highest BCUT2D eigenvalue weighted by Crippen LogP contribution is 2.25. The van der Waals surface area contributed by atoms with Crippen LogP contribution >= 0.6 is 0 Å². The van der Waals surface area contributed by atoms with Crippen molar-refractivity contribution in [2.45, 2.75) is 25.8 Å². The summed E-state index contributed by atoms with van der Waals surface area (Å²) in [6, 6.07) is 4.09. The Morgan fingerprint density at radius 2 is 1.68 bits per heavy atom. The van der Waals surface area contributed by atoms with Crippen molar-refractivity contribution in [3.05, 3.63) is 59.7 Å². The SMILES string of the molecule is Fc1cccc(F)c1CC1CCN(Cc2cncnc2)CC1. The smallest absolute Gasteiger partial charge is 0.129 e. The van der Waals surface area contributed by atoms with Gasteiger partial charge in [0, 0.05) is 30.1 Å². The van der Waals surface area contributed by atoms with E-state index in [-0.39, 0.29) is 5.56 Å². The number of hydrogen-bond donors (Lipinski definition) is 0. The van der Waals surface area contributed by atoms with Crippen LogP contribution in [0.25, 0.3) is 0 Å². The number of likely N-dealkylation sites (tertiary alicyclic amines) is 1. The summed E-state index contributed by atoms with van der Waals surface area (Å²) in [6.45, 7) is 2.72. The molecule has 1 aliphatic rings. The van der Waals surface area contributed by atoms with Gasteiger partial charge in [0.1, 0.15) is 18.0 Å². The van der Waals surface area contributed by atoms with E-state index in [9.17, 15) is 8.78 Å². The molecule has 0 N–H and O–H groups in total. The van der Waals surface area contributed by atoms with Crippen LogP contribution in [0.15, 0.2) is 36.9 Å². The molecule has 5 heteroatoms. The quantitative estimate of drug-likeness (QED) is 0.868. The molecular formula is C17H19F2N3. The molecular weight excluding hydrogens is 284 g/mol. The second-order valence-corrected chi connectivity index (χ2v) is 5.87. The first kappa shape index (κ1) is 15.0. The van der Waals surface area contributed by atoms with Gasteiger partial charge in [-0.2, -0.15) is 0 Å². The van der Waals surface area contributed by atoms with Crippen molar-refractivity contribution in [2.75, 3.05) is 13.1 Å². The third-order valence-electron chi connectivity index (χ3n) is 4.28. The number of rotatable bonds is 4. The van der Waals surface area contributed by atoms with Gasteiger partial charge in [0.2, 0.25) is 0 Å². The van der Waals surface area contributed by atoms with Crippen LogP contribution < -0.4 is 0 Å². The fourth-order valence-corrected chi connectivity index (χ4v) is 3.03. The summed E-state index contributed by atoms with van der Waals surface area (Å²) in [4.78, 5) is 10.4. The van der Waals surface area contributed by atoms with Crippen molar-refractivity contribution in [2.24, 2.45) is 5.92 Å². The van der Waals surface area contributed by atoms with E-state index < -0.39 is 11.6 Å². The number of piperidine rings is 1. The third-order valence-corrected chi connectivity index (χ3v) is 4.28. The van der Waals surface area contributed by atoms with E-state index in [1.54, 1.807) is 0 Å². The van der Waals surface area contributed by atoms with E-state index in [0.717, 1.165) is 38.0 Å². The lowest BCUT2D eigenvalue weighted by Gasteiger charge is -2.32. The van der Waals surface area contributed by atoms with E-state index in [4.69, 9.17) is 0 Å². The Kier molecular flexibility index (Phi) is 4.73. The lowest BCUT2D eigenvalue weighted by molar-refractivity contribution is 0.175. The normalized spacial score (nSPS) is 16.8. The Morgan fingerprint density at radius 1 is 1.05 bits per heavy atom. The van der Waals surface area contributed by atoms with Crippen molar-refractivity contribution in [3.63, 3.8) is 0 Å². The number of hydrogen-bond acceptors (Lipinski definition) is 3. The lowest BCUT2D eigenvalue weighted by Crippen LogP contribution is -2.34. The zero-order chi connectivity index (χ0) is 15.4. The highest BCUT2D eigenvalue weighted by molar-refractivity contribution is 5.20. The van der Waals surface area contributed by atoms with Gasteiger partial charge >= 0.3 is 0 Å². The van der Waals surface area contributed by atoms with Crippen LogP contribution in [0.4, 0.5) is 8.78 Å². The van der Waals surface area contributed by atoms with E-state index in [0.29, 0.717) is 12.3 Å². The molecule has 1 saturated heterocycles. The molecule has 1 aliphatic heterocycles. The molecule has 1 fully saturated rings. The van der Waals surface area contributed by atoms with Crippen molar-refractivity contribution in [1.82, 2.24) is 14.9 Å². The molecule has 0 bridgehead atoms. The number of halogens is 2. The Bertz CT molecular complexity index is 590. The topological polar surface area (TPSA) is 29.0 Å². The summed E-state index contributed by atoms with van der Waals surface area (Å²) in [5.41, 5.74) is 1.33. The van der Waals surface area contributed by atoms with Crippen molar-refractivity contribution in [3.8, 4) is 0 Å². The summed E-state index contributed by atoms with van der Waals surface area (Å²) in [6.07, 6.45) is 7.59. The van der Waals surface area contributed by atoms with E-state index in [1.807, 2.05) is 12.4 Å². The summed E-state index contributed by atoms with van der Waals surface area (Å²) in [7, 11) is 0. The maximum atomic E-state index is 13.7. The zero-order valence-corrected chi connectivity index (χ0v) is 12.4. The molecule has 116 valence electrons. The van der Waals surface area contributed by atoms with Gasteiger partial charge in [0.15, 0.2) is 0 Å². The zero-order valence-electron chi connectivity index (χ0n) is 12.4. The summed E-state index contributed by atoms with van der Waals surface area (Å²) in [5.74, 6) is -0.512. The van der Waals surface area contributed by atoms with Gasteiger partial charge < -0.3 is 0 Å². The highest BCUT2D eigenvalue weighted by atomic mass is 19.1. The van der Waals surface area contributed by atoms with Crippen LogP contribution in [0.5, 0.6) is 0 Å². The van der Waals surface area contributed by atoms with E-state index >= 15 is 0 Å². The van der Waals surface area contributed by atoms with Gasteiger partial charge in [-0.3, -0.25) is 4.90 Å². The highest BCUT2D eigenvalue weighted by Gasteiger charge is 2.22. The molecule has 0 aliphatic carbocycles. The minimum Gasteiger partial charge on any atom is -0.299 e. The molecule has 22 heavy (non-hydrogen) atoms. The van der Waals surface area contributed by atoms with Crippen LogP contribution in [0.2, 0.25) is 0 Å². The Morgan fingerprint density at radius 3 is 2.32 bits per heavy atom. The van der Waals surface area contributed by atoms with Gasteiger partial charge in [0.25, 0.3) is 0 Å². The average molecular weight is 303 g/mol. The fourth-order valence-electron chi connectivity index (χ4n) is 3.03.